The second kappa shape index (κ2) is 7.24. The molecule has 0 amide bonds. The molecule has 2 heteroatoms. The number of rotatable bonds is 8. The molecule has 15 heavy (non-hydrogen) atoms. The maximum absolute atomic E-state index is 9.62. The van der Waals surface area contributed by atoms with Crippen LogP contribution >= 0.6 is 0 Å². The minimum absolute atomic E-state index is 0.0294. The summed E-state index contributed by atoms with van der Waals surface area (Å²) in [6.45, 7) is 12.5. The lowest BCUT2D eigenvalue weighted by atomic mass is 9.75. The van der Waals surface area contributed by atoms with Gasteiger partial charge in [0.05, 0.1) is 13.2 Å². The Morgan fingerprint density at radius 1 is 1.07 bits per heavy atom. The predicted octanol–water partition coefficient (Wildman–Crippen LogP) is 3.09. The Morgan fingerprint density at radius 2 is 1.53 bits per heavy atom. The van der Waals surface area contributed by atoms with E-state index in [-0.39, 0.29) is 12.0 Å². The van der Waals surface area contributed by atoms with Crippen LogP contribution in [0.5, 0.6) is 0 Å². The molecule has 0 unspecified atom stereocenters. The zero-order chi connectivity index (χ0) is 11.9. The van der Waals surface area contributed by atoms with Crippen LogP contribution in [-0.2, 0) is 4.74 Å². The van der Waals surface area contributed by atoms with E-state index in [4.69, 9.17) is 4.74 Å². The van der Waals surface area contributed by atoms with Gasteiger partial charge < -0.3 is 9.84 Å². The van der Waals surface area contributed by atoms with Gasteiger partial charge in [0.1, 0.15) is 0 Å². The molecule has 0 spiro atoms. The Labute approximate surface area is 95.0 Å². The van der Waals surface area contributed by atoms with Gasteiger partial charge in [-0.3, -0.25) is 0 Å². The summed E-state index contributed by atoms with van der Waals surface area (Å²) >= 11 is 0. The summed E-state index contributed by atoms with van der Waals surface area (Å²) < 4.78 is 5.53. The molecule has 1 N–H and O–H groups in total. The van der Waals surface area contributed by atoms with Crippen LogP contribution in [0, 0.1) is 17.3 Å². The first kappa shape index (κ1) is 14.9. The van der Waals surface area contributed by atoms with Crippen molar-refractivity contribution in [3.05, 3.63) is 0 Å². The third-order valence-electron chi connectivity index (χ3n) is 2.63. The van der Waals surface area contributed by atoms with Crippen molar-refractivity contribution in [1.82, 2.24) is 0 Å². The van der Waals surface area contributed by atoms with Gasteiger partial charge in [-0.05, 0) is 31.6 Å². The average molecular weight is 216 g/mol. The molecule has 0 saturated heterocycles. The maximum atomic E-state index is 9.62. The molecule has 0 aromatic carbocycles. The fourth-order valence-corrected chi connectivity index (χ4v) is 2.43. The van der Waals surface area contributed by atoms with Gasteiger partial charge in [-0.2, -0.15) is 0 Å². The van der Waals surface area contributed by atoms with E-state index >= 15 is 0 Å². The normalized spacial score (nSPS) is 12.8. The smallest absolute Gasteiger partial charge is 0.0544 e. The van der Waals surface area contributed by atoms with Crippen LogP contribution in [0.2, 0.25) is 0 Å². The van der Waals surface area contributed by atoms with Crippen LogP contribution in [0.25, 0.3) is 0 Å². The fourth-order valence-electron chi connectivity index (χ4n) is 2.43. The summed E-state index contributed by atoms with van der Waals surface area (Å²) in [5.74, 6) is 1.22. The van der Waals surface area contributed by atoms with Crippen molar-refractivity contribution in [1.29, 1.82) is 0 Å². The van der Waals surface area contributed by atoms with Crippen LogP contribution in [-0.4, -0.2) is 24.9 Å². The highest BCUT2D eigenvalue weighted by atomic mass is 16.5. The van der Waals surface area contributed by atoms with Gasteiger partial charge in [0.25, 0.3) is 0 Å². The molecule has 0 atom stereocenters. The maximum Gasteiger partial charge on any atom is 0.0544 e. The fraction of sp³-hybridized carbons (Fsp3) is 1.00. The Morgan fingerprint density at radius 3 is 1.80 bits per heavy atom. The quantitative estimate of drug-likeness (QED) is 0.675. The summed E-state index contributed by atoms with van der Waals surface area (Å²) in [5.41, 5.74) is -0.0294. The predicted molar refractivity (Wildman–Crippen MR) is 64.9 cm³/mol. The first-order valence-corrected chi connectivity index (χ1v) is 6.14. The highest BCUT2D eigenvalue weighted by Gasteiger charge is 2.31. The minimum atomic E-state index is -0.0294. The van der Waals surface area contributed by atoms with Gasteiger partial charge in [-0.25, -0.2) is 0 Å². The summed E-state index contributed by atoms with van der Waals surface area (Å²) in [7, 11) is 0. The molecule has 0 aliphatic heterocycles. The zero-order valence-corrected chi connectivity index (χ0v) is 11.0. The average Bonchev–Trinajstić information content (AvgIpc) is 2.12. The second-order valence-corrected chi connectivity index (χ2v) is 5.49. The van der Waals surface area contributed by atoms with Crippen LogP contribution in [0.1, 0.15) is 47.5 Å². The first-order valence-electron chi connectivity index (χ1n) is 6.14. The van der Waals surface area contributed by atoms with Crippen molar-refractivity contribution < 1.29 is 9.84 Å². The largest absolute Gasteiger partial charge is 0.396 e. The van der Waals surface area contributed by atoms with Crippen LogP contribution in [0.3, 0.4) is 0 Å². The molecule has 2 nitrogen and oxygen atoms in total. The van der Waals surface area contributed by atoms with Crippen molar-refractivity contribution >= 4 is 0 Å². The number of aliphatic hydroxyl groups is 1. The van der Waals surface area contributed by atoms with Gasteiger partial charge >= 0.3 is 0 Å². The third kappa shape index (κ3) is 6.16. The summed E-state index contributed by atoms with van der Waals surface area (Å²) in [6.07, 6.45) is 2.09. The highest BCUT2D eigenvalue weighted by molar-refractivity contribution is 4.81. The standard InChI is InChI=1S/C13H28O2/c1-6-15-10-13(9-14,7-11(2)3)8-12(4)5/h11-12,14H,6-10H2,1-5H3. The van der Waals surface area contributed by atoms with E-state index in [1.54, 1.807) is 0 Å². The van der Waals surface area contributed by atoms with Crippen molar-refractivity contribution in [2.75, 3.05) is 19.8 Å². The lowest BCUT2D eigenvalue weighted by Gasteiger charge is -2.34. The van der Waals surface area contributed by atoms with Crippen molar-refractivity contribution in [2.45, 2.75) is 47.5 Å². The Hall–Kier alpha value is -0.0800. The molecule has 0 heterocycles. The molecule has 0 radical (unpaired) electrons. The van der Waals surface area contributed by atoms with Gasteiger partial charge in [-0.1, -0.05) is 27.7 Å². The summed E-state index contributed by atoms with van der Waals surface area (Å²) in [5, 5.41) is 9.62. The van der Waals surface area contributed by atoms with Crippen molar-refractivity contribution in [3.8, 4) is 0 Å². The van der Waals surface area contributed by atoms with E-state index in [0.29, 0.717) is 18.4 Å². The van der Waals surface area contributed by atoms with E-state index in [2.05, 4.69) is 27.7 Å². The molecular weight excluding hydrogens is 188 g/mol. The number of hydrogen-bond acceptors (Lipinski definition) is 2. The van der Waals surface area contributed by atoms with Crippen molar-refractivity contribution in [3.63, 3.8) is 0 Å². The highest BCUT2D eigenvalue weighted by Crippen LogP contribution is 2.33. The number of aliphatic hydroxyl groups excluding tert-OH is 1. The molecule has 92 valence electrons. The Kier molecular flexibility index (Phi) is 7.20. The summed E-state index contributed by atoms with van der Waals surface area (Å²) in [4.78, 5) is 0. The van der Waals surface area contributed by atoms with Gasteiger partial charge in [0.15, 0.2) is 0 Å². The van der Waals surface area contributed by atoms with E-state index < -0.39 is 0 Å². The van der Waals surface area contributed by atoms with Crippen LogP contribution in [0.15, 0.2) is 0 Å². The lowest BCUT2D eigenvalue weighted by molar-refractivity contribution is -0.0150. The van der Waals surface area contributed by atoms with Gasteiger partial charge in [0, 0.05) is 12.0 Å². The lowest BCUT2D eigenvalue weighted by Crippen LogP contribution is -2.34. The topological polar surface area (TPSA) is 29.5 Å². The van der Waals surface area contributed by atoms with Crippen molar-refractivity contribution in [2.24, 2.45) is 17.3 Å². The second-order valence-electron chi connectivity index (χ2n) is 5.49. The van der Waals surface area contributed by atoms with Crippen LogP contribution < -0.4 is 0 Å². The molecule has 0 rings (SSSR count). The molecule has 0 aliphatic carbocycles. The Bertz CT molecular complexity index is 143. The molecule has 0 bridgehead atoms. The molecule has 0 fully saturated rings. The van der Waals surface area contributed by atoms with Gasteiger partial charge in [-0.15, -0.1) is 0 Å². The molecule has 0 aliphatic rings. The van der Waals surface area contributed by atoms with Gasteiger partial charge in [0.2, 0.25) is 0 Å². The SMILES string of the molecule is CCOCC(CO)(CC(C)C)CC(C)C. The first-order chi connectivity index (χ1) is 6.95. The number of ether oxygens (including phenoxy) is 1. The third-order valence-corrected chi connectivity index (χ3v) is 2.63. The molecule has 0 aromatic heterocycles. The monoisotopic (exact) mass is 216 g/mol. The minimum Gasteiger partial charge on any atom is -0.396 e. The zero-order valence-electron chi connectivity index (χ0n) is 11.0. The van der Waals surface area contributed by atoms with E-state index in [9.17, 15) is 5.11 Å². The Balaban J connectivity index is 4.44. The number of hydrogen-bond donors (Lipinski definition) is 1. The summed E-state index contributed by atoms with van der Waals surface area (Å²) in [6, 6.07) is 0. The van der Waals surface area contributed by atoms with E-state index in [1.807, 2.05) is 6.92 Å². The van der Waals surface area contributed by atoms with Crippen LogP contribution in [0.4, 0.5) is 0 Å². The molecule has 0 saturated carbocycles. The molecular formula is C13H28O2. The molecule has 0 aromatic rings. The van der Waals surface area contributed by atoms with E-state index in [0.717, 1.165) is 19.4 Å². The van der Waals surface area contributed by atoms with E-state index in [1.165, 1.54) is 0 Å².